The zero-order valence-corrected chi connectivity index (χ0v) is 12.3. The average molecular weight is 275 g/mol. The number of hydrogen-bond acceptors (Lipinski definition) is 4. The Morgan fingerprint density at radius 3 is 2.75 bits per heavy atom. The van der Waals surface area contributed by atoms with Crippen LogP contribution in [0.3, 0.4) is 0 Å². The van der Waals surface area contributed by atoms with Crippen LogP contribution >= 0.6 is 0 Å². The molecule has 4 nitrogen and oxygen atoms in total. The quantitative estimate of drug-likeness (QED) is 0.841. The van der Waals surface area contributed by atoms with Gasteiger partial charge >= 0.3 is 0 Å². The molecule has 1 aliphatic carbocycles. The third kappa shape index (κ3) is 1.94. The van der Waals surface area contributed by atoms with Gasteiger partial charge < -0.3 is 14.7 Å². The molecule has 20 heavy (non-hydrogen) atoms. The fourth-order valence-electron chi connectivity index (χ4n) is 3.11. The number of nitrogens with zero attached hydrogens (tertiary/aromatic N) is 1. The molecule has 1 spiro atoms. The number of aromatic hydroxyl groups is 1. The highest BCUT2D eigenvalue weighted by atomic mass is 16.6. The molecule has 3 rings (SSSR count). The van der Waals surface area contributed by atoms with Crippen molar-refractivity contribution in [2.45, 2.75) is 52.1 Å². The molecule has 1 aromatic rings. The molecule has 1 heterocycles. The number of ether oxygens (including phenoxy) is 1. The fraction of sp³-hybridized carbons (Fsp3) is 0.562. The van der Waals surface area contributed by atoms with E-state index in [2.05, 4.69) is 5.16 Å². The summed E-state index contributed by atoms with van der Waals surface area (Å²) in [7, 11) is 0. The van der Waals surface area contributed by atoms with Crippen molar-refractivity contribution in [2.75, 3.05) is 6.61 Å². The monoisotopic (exact) mass is 275 g/mol. The van der Waals surface area contributed by atoms with Gasteiger partial charge in [-0.1, -0.05) is 5.16 Å². The van der Waals surface area contributed by atoms with E-state index in [0.717, 1.165) is 47.4 Å². The lowest BCUT2D eigenvalue weighted by Crippen LogP contribution is -2.48. The standard InChI is InChI=1S/C16H21NO3/c1-4-19-17-12-9-16(6-5-7-16)20-13-8-10(2)15(18)11(3)14(12)13/h8,18H,4-7,9H2,1-3H3/b17-12-. The van der Waals surface area contributed by atoms with Gasteiger partial charge in [0.2, 0.25) is 0 Å². The predicted octanol–water partition coefficient (Wildman–Crippen LogP) is 3.45. The molecule has 4 heteroatoms. The molecule has 0 unspecified atom stereocenters. The van der Waals surface area contributed by atoms with Crippen molar-refractivity contribution < 1.29 is 14.7 Å². The van der Waals surface area contributed by atoms with Gasteiger partial charge in [-0.15, -0.1) is 0 Å². The molecular formula is C16H21NO3. The van der Waals surface area contributed by atoms with Gasteiger partial charge in [-0.2, -0.15) is 0 Å². The first-order chi connectivity index (χ1) is 9.56. The molecule has 0 amide bonds. The van der Waals surface area contributed by atoms with Crippen LogP contribution in [-0.4, -0.2) is 23.0 Å². The first kappa shape index (κ1) is 13.3. The second-order valence-corrected chi connectivity index (χ2v) is 5.81. The number of hydrogen-bond donors (Lipinski definition) is 1. The minimum atomic E-state index is -0.0984. The molecule has 1 fully saturated rings. The smallest absolute Gasteiger partial charge is 0.130 e. The molecule has 0 aromatic heterocycles. The lowest BCUT2D eigenvalue weighted by molar-refractivity contribution is -0.00619. The van der Waals surface area contributed by atoms with Crippen LogP contribution in [0.15, 0.2) is 11.2 Å². The molecular weight excluding hydrogens is 254 g/mol. The van der Waals surface area contributed by atoms with E-state index in [4.69, 9.17) is 9.57 Å². The van der Waals surface area contributed by atoms with Crippen LogP contribution in [0.25, 0.3) is 0 Å². The van der Waals surface area contributed by atoms with Crippen LogP contribution < -0.4 is 4.74 Å². The van der Waals surface area contributed by atoms with Crippen molar-refractivity contribution in [1.82, 2.24) is 0 Å². The summed E-state index contributed by atoms with van der Waals surface area (Å²) in [6, 6.07) is 1.92. The maximum atomic E-state index is 10.2. The minimum absolute atomic E-state index is 0.0984. The van der Waals surface area contributed by atoms with Gasteiger partial charge in [0.15, 0.2) is 0 Å². The average Bonchev–Trinajstić information content (AvgIpc) is 2.40. The normalized spacial score (nSPS) is 21.2. The molecule has 0 atom stereocenters. The number of aryl methyl sites for hydroxylation is 1. The van der Waals surface area contributed by atoms with Gasteiger partial charge in [0, 0.05) is 17.5 Å². The van der Waals surface area contributed by atoms with Crippen molar-refractivity contribution in [2.24, 2.45) is 5.16 Å². The SMILES string of the molecule is CCO/N=C1/CC2(CCC2)Oc2cc(C)c(O)c(C)c21. The van der Waals surface area contributed by atoms with Crippen LogP contribution in [0.4, 0.5) is 0 Å². The summed E-state index contributed by atoms with van der Waals surface area (Å²) in [5.74, 6) is 1.16. The van der Waals surface area contributed by atoms with E-state index >= 15 is 0 Å². The Morgan fingerprint density at radius 1 is 1.40 bits per heavy atom. The molecule has 0 saturated heterocycles. The molecule has 1 saturated carbocycles. The highest BCUT2D eigenvalue weighted by molar-refractivity contribution is 6.06. The van der Waals surface area contributed by atoms with Crippen molar-refractivity contribution >= 4 is 5.71 Å². The highest BCUT2D eigenvalue weighted by Gasteiger charge is 2.45. The Kier molecular flexibility index (Phi) is 3.11. The summed E-state index contributed by atoms with van der Waals surface area (Å²) in [6.45, 7) is 6.27. The second-order valence-electron chi connectivity index (χ2n) is 5.81. The minimum Gasteiger partial charge on any atom is -0.507 e. The maximum absolute atomic E-state index is 10.2. The molecule has 0 radical (unpaired) electrons. The summed E-state index contributed by atoms with van der Waals surface area (Å²) in [6.07, 6.45) is 4.10. The predicted molar refractivity (Wildman–Crippen MR) is 77.6 cm³/mol. The van der Waals surface area contributed by atoms with Crippen molar-refractivity contribution in [3.05, 3.63) is 22.8 Å². The second kappa shape index (κ2) is 4.69. The van der Waals surface area contributed by atoms with E-state index in [-0.39, 0.29) is 5.60 Å². The third-order valence-electron chi connectivity index (χ3n) is 4.37. The van der Waals surface area contributed by atoms with E-state index in [1.54, 1.807) is 0 Å². The van der Waals surface area contributed by atoms with Gasteiger partial charge in [-0.3, -0.25) is 0 Å². The van der Waals surface area contributed by atoms with Gasteiger partial charge in [0.05, 0.1) is 5.71 Å². The van der Waals surface area contributed by atoms with Crippen LogP contribution in [0.5, 0.6) is 11.5 Å². The van der Waals surface area contributed by atoms with E-state index in [9.17, 15) is 5.11 Å². The fourth-order valence-corrected chi connectivity index (χ4v) is 3.11. The van der Waals surface area contributed by atoms with Gasteiger partial charge in [-0.25, -0.2) is 0 Å². The van der Waals surface area contributed by atoms with Crippen LogP contribution in [0.1, 0.15) is 49.3 Å². The summed E-state index contributed by atoms with van der Waals surface area (Å²) in [4.78, 5) is 5.27. The van der Waals surface area contributed by atoms with Crippen molar-refractivity contribution in [3.8, 4) is 11.5 Å². The Hall–Kier alpha value is -1.71. The number of phenols is 1. The summed E-state index contributed by atoms with van der Waals surface area (Å²) < 4.78 is 6.23. The topological polar surface area (TPSA) is 51.0 Å². The Bertz CT molecular complexity index is 574. The third-order valence-corrected chi connectivity index (χ3v) is 4.37. The largest absolute Gasteiger partial charge is 0.507 e. The van der Waals surface area contributed by atoms with E-state index < -0.39 is 0 Å². The van der Waals surface area contributed by atoms with Crippen LogP contribution in [0.2, 0.25) is 0 Å². The molecule has 2 aliphatic rings. The van der Waals surface area contributed by atoms with E-state index in [0.29, 0.717) is 12.4 Å². The molecule has 1 aromatic carbocycles. The van der Waals surface area contributed by atoms with Gasteiger partial charge in [0.1, 0.15) is 23.7 Å². The van der Waals surface area contributed by atoms with Crippen LogP contribution in [0, 0.1) is 13.8 Å². The van der Waals surface area contributed by atoms with Gasteiger partial charge in [-0.05, 0) is 51.7 Å². The summed E-state index contributed by atoms with van der Waals surface area (Å²) in [5, 5.41) is 14.4. The lowest BCUT2D eigenvalue weighted by Gasteiger charge is -2.45. The summed E-state index contributed by atoms with van der Waals surface area (Å²) in [5.41, 5.74) is 3.37. The molecule has 1 aliphatic heterocycles. The first-order valence-electron chi connectivity index (χ1n) is 7.28. The molecule has 0 bridgehead atoms. The molecule has 1 N–H and O–H groups in total. The Morgan fingerprint density at radius 2 is 2.15 bits per heavy atom. The lowest BCUT2D eigenvalue weighted by atomic mass is 9.73. The summed E-state index contributed by atoms with van der Waals surface area (Å²) >= 11 is 0. The van der Waals surface area contributed by atoms with E-state index in [1.165, 1.54) is 6.42 Å². The number of benzene rings is 1. The first-order valence-corrected chi connectivity index (χ1v) is 7.28. The van der Waals surface area contributed by atoms with Crippen molar-refractivity contribution in [1.29, 1.82) is 0 Å². The molecule has 108 valence electrons. The maximum Gasteiger partial charge on any atom is 0.130 e. The number of fused-ring (bicyclic) bond motifs is 1. The zero-order chi connectivity index (χ0) is 14.3. The number of rotatable bonds is 2. The van der Waals surface area contributed by atoms with Crippen LogP contribution in [-0.2, 0) is 4.84 Å². The van der Waals surface area contributed by atoms with E-state index in [1.807, 2.05) is 26.8 Å². The Labute approximate surface area is 119 Å². The highest BCUT2D eigenvalue weighted by Crippen LogP contribution is 2.47. The zero-order valence-electron chi connectivity index (χ0n) is 12.3. The number of oxime groups is 1. The number of phenolic OH excluding ortho intramolecular Hbond substituents is 1. The Balaban J connectivity index is 2.12. The van der Waals surface area contributed by atoms with Crippen molar-refractivity contribution in [3.63, 3.8) is 0 Å². The van der Waals surface area contributed by atoms with Gasteiger partial charge in [0.25, 0.3) is 0 Å².